The van der Waals surface area contributed by atoms with Crippen molar-refractivity contribution < 1.29 is 5.11 Å². The standard InChI is InChI=1S/C24H29NO/c1-6-25(23-20(4)16-18(2)17-21(23)5)15-14-19(3)24(26)22-12-10-8-7-9-11-13-22/h6-17,19,24,26H,1H2,2-5H3/b8-7-,9-7?,10-8?,11-9-,12-10-,13-11?,15-14-,22-12?,22-13+. The first-order chi connectivity index (χ1) is 12.4. The molecule has 2 rings (SSSR count). The molecule has 0 amide bonds. The summed E-state index contributed by atoms with van der Waals surface area (Å²) in [6, 6.07) is 4.35. The van der Waals surface area contributed by atoms with E-state index < -0.39 is 6.10 Å². The molecule has 0 radical (unpaired) electrons. The summed E-state index contributed by atoms with van der Waals surface area (Å²) in [4.78, 5) is 2.03. The van der Waals surface area contributed by atoms with Crippen LogP contribution in [0.1, 0.15) is 23.6 Å². The van der Waals surface area contributed by atoms with Crippen molar-refractivity contribution in [2.45, 2.75) is 33.8 Å². The lowest BCUT2D eigenvalue weighted by molar-refractivity contribution is 0.177. The first-order valence-electron chi connectivity index (χ1n) is 9.00. The van der Waals surface area contributed by atoms with E-state index in [2.05, 4.69) is 39.5 Å². The molecule has 26 heavy (non-hydrogen) atoms. The van der Waals surface area contributed by atoms with Crippen LogP contribution in [0.4, 0.5) is 5.69 Å². The number of aliphatic hydroxyl groups excluding tert-OH is 1. The summed E-state index contributed by atoms with van der Waals surface area (Å²) < 4.78 is 0. The molecule has 1 aromatic rings. The van der Waals surface area contributed by atoms with Crippen LogP contribution in [-0.4, -0.2) is 11.2 Å². The Bertz CT molecular complexity index is 769. The largest absolute Gasteiger partial charge is 0.388 e. The van der Waals surface area contributed by atoms with Gasteiger partial charge >= 0.3 is 0 Å². The lowest BCUT2D eigenvalue weighted by Gasteiger charge is -2.23. The Morgan fingerprint density at radius 2 is 1.62 bits per heavy atom. The molecular weight excluding hydrogens is 318 g/mol. The molecular formula is C24H29NO. The smallest absolute Gasteiger partial charge is 0.0850 e. The SMILES string of the molecule is C=CN(/C=C\C(C)C(O)C1=C/C=C\C=C/C=C\1)c1c(C)cc(C)cc1C. The summed E-state index contributed by atoms with van der Waals surface area (Å²) in [6.45, 7) is 12.3. The Morgan fingerprint density at radius 3 is 2.27 bits per heavy atom. The molecule has 0 saturated heterocycles. The van der Waals surface area contributed by atoms with Crippen molar-refractivity contribution in [1.29, 1.82) is 0 Å². The van der Waals surface area contributed by atoms with Crippen LogP contribution in [0, 0.1) is 26.7 Å². The normalized spacial score (nSPS) is 21.8. The first kappa shape index (κ1) is 19.7. The third-order valence-electron chi connectivity index (χ3n) is 4.50. The molecule has 0 spiro atoms. The Morgan fingerprint density at radius 1 is 1.00 bits per heavy atom. The zero-order valence-electron chi connectivity index (χ0n) is 16.2. The Kier molecular flexibility index (Phi) is 6.99. The summed E-state index contributed by atoms with van der Waals surface area (Å²) >= 11 is 0. The summed E-state index contributed by atoms with van der Waals surface area (Å²) in [6.07, 6.45) is 18.9. The van der Waals surface area contributed by atoms with Crippen molar-refractivity contribution >= 4 is 5.69 Å². The molecule has 0 heterocycles. The molecule has 1 aromatic carbocycles. The number of aliphatic hydroxyl groups is 1. The maximum Gasteiger partial charge on any atom is 0.0850 e. The number of nitrogens with zero attached hydrogens (tertiary/aromatic N) is 1. The highest BCUT2D eigenvalue weighted by Crippen LogP contribution is 2.27. The van der Waals surface area contributed by atoms with Gasteiger partial charge in [-0.05, 0) is 37.5 Å². The predicted molar refractivity (Wildman–Crippen MR) is 113 cm³/mol. The summed E-state index contributed by atoms with van der Waals surface area (Å²) in [7, 11) is 0. The molecule has 0 fully saturated rings. The fourth-order valence-corrected chi connectivity index (χ4v) is 3.22. The fraction of sp³-hybridized carbons (Fsp3) is 0.250. The zero-order chi connectivity index (χ0) is 19.1. The van der Waals surface area contributed by atoms with E-state index in [1.807, 2.05) is 72.8 Å². The number of hydrogen-bond acceptors (Lipinski definition) is 2. The van der Waals surface area contributed by atoms with Crippen LogP contribution in [0.5, 0.6) is 0 Å². The summed E-state index contributed by atoms with van der Waals surface area (Å²) in [5, 5.41) is 10.7. The van der Waals surface area contributed by atoms with Gasteiger partial charge in [0.1, 0.15) is 0 Å². The number of benzene rings is 1. The van der Waals surface area contributed by atoms with Gasteiger partial charge < -0.3 is 10.0 Å². The predicted octanol–water partition coefficient (Wildman–Crippen LogP) is 5.68. The number of allylic oxidation sites excluding steroid dienone is 6. The highest BCUT2D eigenvalue weighted by molar-refractivity contribution is 5.63. The van der Waals surface area contributed by atoms with E-state index in [0.29, 0.717) is 0 Å². The zero-order valence-corrected chi connectivity index (χ0v) is 16.2. The van der Waals surface area contributed by atoms with Crippen molar-refractivity contribution in [2.75, 3.05) is 4.90 Å². The number of aryl methyl sites for hydroxylation is 3. The number of anilines is 1. The van der Waals surface area contributed by atoms with E-state index in [9.17, 15) is 5.11 Å². The van der Waals surface area contributed by atoms with Gasteiger partial charge in [-0.25, -0.2) is 0 Å². The maximum absolute atomic E-state index is 10.7. The van der Waals surface area contributed by atoms with Gasteiger partial charge in [-0.3, -0.25) is 0 Å². The molecule has 2 unspecified atom stereocenters. The average Bonchev–Trinajstić information content (AvgIpc) is 2.55. The minimum Gasteiger partial charge on any atom is -0.388 e. The molecule has 2 nitrogen and oxygen atoms in total. The minimum absolute atomic E-state index is 0.0313. The second kappa shape index (κ2) is 9.21. The number of rotatable bonds is 6. The lowest BCUT2D eigenvalue weighted by atomic mass is 9.95. The highest BCUT2D eigenvalue weighted by Gasteiger charge is 2.15. The molecule has 2 atom stereocenters. The maximum atomic E-state index is 10.7. The van der Waals surface area contributed by atoms with E-state index in [0.717, 1.165) is 11.3 Å². The lowest BCUT2D eigenvalue weighted by Crippen LogP contribution is -2.19. The van der Waals surface area contributed by atoms with E-state index in [1.54, 1.807) is 0 Å². The molecule has 136 valence electrons. The monoisotopic (exact) mass is 347 g/mol. The third-order valence-corrected chi connectivity index (χ3v) is 4.50. The third kappa shape index (κ3) is 4.96. The molecule has 2 heteroatoms. The second-order valence-electron chi connectivity index (χ2n) is 6.78. The van der Waals surface area contributed by atoms with Crippen LogP contribution in [0.3, 0.4) is 0 Å². The van der Waals surface area contributed by atoms with Crippen molar-refractivity contribution in [3.05, 3.63) is 102 Å². The minimum atomic E-state index is -0.564. The van der Waals surface area contributed by atoms with Gasteiger partial charge in [0.2, 0.25) is 0 Å². The van der Waals surface area contributed by atoms with Crippen LogP contribution in [0.15, 0.2) is 85.3 Å². The van der Waals surface area contributed by atoms with Crippen molar-refractivity contribution in [3.8, 4) is 0 Å². The molecule has 0 aromatic heterocycles. The van der Waals surface area contributed by atoms with Gasteiger partial charge in [0.25, 0.3) is 0 Å². The van der Waals surface area contributed by atoms with Crippen molar-refractivity contribution in [3.63, 3.8) is 0 Å². The molecule has 1 aliphatic carbocycles. The molecule has 1 aliphatic rings. The average molecular weight is 348 g/mol. The van der Waals surface area contributed by atoms with E-state index in [-0.39, 0.29) is 5.92 Å². The van der Waals surface area contributed by atoms with E-state index in [4.69, 9.17) is 0 Å². The molecule has 1 N–H and O–H groups in total. The van der Waals surface area contributed by atoms with Gasteiger partial charge in [0, 0.05) is 18.3 Å². The van der Waals surface area contributed by atoms with Gasteiger partial charge in [0.05, 0.1) is 11.8 Å². The quantitative estimate of drug-likeness (QED) is 0.715. The van der Waals surface area contributed by atoms with Crippen molar-refractivity contribution in [1.82, 2.24) is 0 Å². The first-order valence-corrected chi connectivity index (χ1v) is 9.00. The fourth-order valence-electron chi connectivity index (χ4n) is 3.22. The van der Waals surface area contributed by atoms with Crippen LogP contribution in [0.25, 0.3) is 0 Å². The van der Waals surface area contributed by atoms with Gasteiger partial charge in [0.15, 0.2) is 0 Å². The molecule has 0 bridgehead atoms. The molecule has 0 aliphatic heterocycles. The van der Waals surface area contributed by atoms with Gasteiger partial charge in [-0.15, -0.1) is 0 Å². The van der Waals surface area contributed by atoms with Crippen LogP contribution in [0.2, 0.25) is 0 Å². The summed E-state index contributed by atoms with van der Waals surface area (Å²) in [5.41, 5.74) is 5.72. The molecule has 0 saturated carbocycles. The van der Waals surface area contributed by atoms with Crippen LogP contribution >= 0.6 is 0 Å². The Hall–Kier alpha value is -2.58. The topological polar surface area (TPSA) is 23.5 Å². The Labute approximate surface area is 157 Å². The van der Waals surface area contributed by atoms with Gasteiger partial charge in [-0.1, -0.05) is 79.8 Å². The second-order valence-corrected chi connectivity index (χ2v) is 6.78. The number of hydrogen-bond donors (Lipinski definition) is 1. The summed E-state index contributed by atoms with van der Waals surface area (Å²) in [5.74, 6) is -0.0313. The Balaban J connectivity index is 2.20. The van der Waals surface area contributed by atoms with E-state index >= 15 is 0 Å². The van der Waals surface area contributed by atoms with Crippen LogP contribution in [-0.2, 0) is 0 Å². The van der Waals surface area contributed by atoms with Gasteiger partial charge in [-0.2, -0.15) is 0 Å². The van der Waals surface area contributed by atoms with E-state index in [1.165, 1.54) is 16.7 Å². The highest BCUT2D eigenvalue weighted by atomic mass is 16.3. The van der Waals surface area contributed by atoms with Crippen molar-refractivity contribution in [2.24, 2.45) is 5.92 Å². The van der Waals surface area contributed by atoms with Crippen LogP contribution < -0.4 is 4.90 Å².